The van der Waals surface area contributed by atoms with E-state index in [4.69, 9.17) is 5.73 Å². The van der Waals surface area contributed by atoms with Crippen LogP contribution < -0.4 is 5.73 Å². The van der Waals surface area contributed by atoms with Crippen LogP contribution in [0.4, 0.5) is 0 Å². The summed E-state index contributed by atoms with van der Waals surface area (Å²) in [6.45, 7) is 0. The quantitative estimate of drug-likeness (QED) is 0.767. The summed E-state index contributed by atoms with van der Waals surface area (Å²) in [6, 6.07) is 2.08. The van der Waals surface area contributed by atoms with Crippen LogP contribution in [0.1, 0.15) is 12.0 Å². The summed E-state index contributed by atoms with van der Waals surface area (Å²) in [5.41, 5.74) is 6.82. The van der Waals surface area contributed by atoms with Crippen molar-refractivity contribution in [2.24, 2.45) is 11.7 Å². The number of carbonyl (C=O) groups is 1. The first kappa shape index (κ1) is 9.62. The third kappa shape index (κ3) is 2.11. The summed E-state index contributed by atoms with van der Waals surface area (Å²) in [4.78, 5) is 11.8. The molecule has 2 N–H and O–H groups in total. The van der Waals surface area contributed by atoms with Gasteiger partial charge in [-0.15, -0.1) is 0 Å². The molecule has 0 aromatic carbocycles. The minimum atomic E-state index is 0.0462. The average molecular weight is 207 g/mol. The first-order chi connectivity index (χ1) is 6.75. The summed E-state index contributed by atoms with van der Waals surface area (Å²) in [5, 5.41) is 4.02. The van der Waals surface area contributed by atoms with E-state index in [1.807, 2.05) is 29.0 Å². The summed E-state index contributed by atoms with van der Waals surface area (Å²) < 4.78 is 0. The fourth-order valence-electron chi connectivity index (χ4n) is 1.69. The molecule has 2 atom stereocenters. The highest BCUT2D eigenvalue weighted by molar-refractivity contribution is 7.07. The van der Waals surface area contributed by atoms with Gasteiger partial charge in [0.05, 0.1) is 0 Å². The van der Waals surface area contributed by atoms with Gasteiger partial charge in [0.15, 0.2) is 0 Å². The molecule has 2 unspecified atom stereocenters. The molecule has 0 fully saturated rings. The highest BCUT2D eigenvalue weighted by Gasteiger charge is 2.22. The van der Waals surface area contributed by atoms with Crippen LogP contribution >= 0.6 is 11.3 Å². The van der Waals surface area contributed by atoms with Crippen molar-refractivity contribution in [3.8, 4) is 0 Å². The van der Waals surface area contributed by atoms with E-state index < -0.39 is 0 Å². The zero-order chi connectivity index (χ0) is 9.97. The summed E-state index contributed by atoms with van der Waals surface area (Å²) in [5.74, 6) is 0.331. The molecule has 1 heterocycles. The Labute approximate surface area is 87.4 Å². The SMILES string of the molecule is NC1C=CC(C(=O)Cc2ccsc2)C1. The Bertz CT molecular complexity index is 342. The van der Waals surface area contributed by atoms with E-state index in [9.17, 15) is 4.79 Å². The number of allylic oxidation sites excluding steroid dienone is 1. The number of hydrogen-bond donors (Lipinski definition) is 1. The number of thiophene rings is 1. The molecule has 0 saturated carbocycles. The van der Waals surface area contributed by atoms with Crippen molar-refractivity contribution in [2.45, 2.75) is 18.9 Å². The molecule has 0 saturated heterocycles. The van der Waals surface area contributed by atoms with Crippen molar-refractivity contribution >= 4 is 17.1 Å². The molecule has 0 bridgehead atoms. The van der Waals surface area contributed by atoms with Gasteiger partial charge < -0.3 is 5.73 Å². The second kappa shape index (κ2) is 4.07. The van der Waals surface area contributed by atoms with E-state index >= 15 is 0 Å². The van der Waals surface area contributed by atoms with Gasteiger partial charge in [-0.2, -0.15) is 11.3 Å². The molecule has 2 nitrogen and oxygen atoms in total. The first-order valence-corrected chi connectivity index (χ1v) is 5.67. The van der Waals surface area contributed by atoms with E-state index in [0.717, 1.165) is 12.0 Å². The highest BCUT2D eigenvalue weighted by Crippen LogP contribution is 2.19. The minimum Gasteiger partial charge on any atom is -0.324 e. The van der Waals surface area contributed by atoms with Gasteiger partial charge in [-0.05, 0) is 28.8 Å². The van der Waals surface area contributed by atoms with Gasteiger partial charge in [-0.3, -0.25) is 4.79 Å². The normalized spacial score (nSPS) is 25.5. The van der Waals surface area contributed by atoms with Gasteiger partial charge in [-0.1, -0.05) is 12.2 Å². The molecule has 1 aromatic rings. The van der Waals surface area contributed by atoms with Gasteiger partial charge in [-0.25, -0.2) is 0 Å². The van der Waals surface area contributed by atoms with Crippen molar-refractivity contribution in [2.75, 3.05) is 0 Å². The lowest BCUT2D eigenvalue weighted by Crippen LogP contribution is -2.20. The zero-order valence-electron chi connectivity index (χ0n) is 7.85. The molecular formula is C11H13NOS. The van der Waals surface area contributed by atoms with E-state index in [2.05, 4.69) is 0 Å². The van der Waals surface area contributed by atoms with Gasteiger partial charge in [0, 0.05) is 18.4 Å². The fraction of sp³-hybridized carbons (Fsp3) is 0.364. The number of hydrogen-bond acceptors (Lipinski definition) is 3. The molecular weight excluding hydrogens is 194 g/mol. The van der Waals surface area contributed by atoms with Crippen molar-refractivity contribution in [3.63, 3.8) is 0 Å². The van der Waals surface area contributed by atoms with E-state index in [0.29, 0.717) is 6.42 Å². The summed E-state index contributed by atoms with van der Waals surface area (Å²) >= 11 is 1.63. The average Bonchev–Trinajstić information content (AvgIpc) is 2.75. The Kier molecular flexibility index (Phi) is 2.79. The van der Waals surface area contributed by atoms with Crippen LogP contribution in [0, 0.1) is 5.92 Å². The van der Waals surface area contributed by atoms with E-state index in [-0.39, 0.29) is 17.7 Å². The lowest BCUT2D eigenvalue weighted by Gasteiger charge is -2.06. The second-order valence-electron chi connectivity index (χ2n) is 3.67. The minimum absolute atomic E-state index is 0.0462. The smallest absolute Gasteiger partial charge is 0.144 e. The third-order valence-corrected chi connectivity index (χ3v) is 3.22. The zero-order valence-corrected chi connectivity index (χ0v) is 8.67. The van der Waals surface area contributed by atoms with Crippen LogP contribution in [-0.2, 0) is 11.2 Å². The lowest BCUT2D eigenvalue weighted by molar-refractivity contribution is -0.120. The number of rotatable bonds is 3. The van der Waals surface area contributed by atoms with Crippen LogP contribution in [-0.4, -0.2) is 11.8 Å². The first-order valence-electron chi connectivity index (χ1n) is 4.73. The maximum atomic E-state index is 11.8. The molecule has 1 aromatic heterocycles. The molecule has 1 aliphatic carbocycles. The molecule has 14 heavy (non-hydrogen) atoms. The van der Waals surface area contributed by atoms with Crippen molar-refractivity contribution in [3.05, 3.63) is 34.5 Å². The molecule has 74 valence electrons. The van der Waals surface area contributed by atoms with Crippen molar-refractivity contribution < 1.29 is 4.79 Å². The van der Waals surface area contributed by atoms with Gasteiger partial charge in [0.1, 0.15) is 5.78 Å². The third-order valence-electron chi connectivity index (χ3n) is 2.49. The number of carbonyl (C=O) groups excluding carboxylic acids is 1. The van der Waals surface area contributed by atoms with Crippen LogP contribution in [0.25, 0.3) is 0 Å². The molecule has 0 aliphatic heterocycles. The van der Waals surface area contributed by atoms with Gasteiger partial charge in [0.2, 0.25) is 0 Å². The van der Waals surface area contributed by atoms with E-state index in [1.54, 1.807) is 11.3 Å². The number of nitrogens with two attached hydrogens (primary N) is 1. The Balaban J connectivity index is 1.94. The predicted molar refractivity (Wildman–Crippen MR) is 58.3 cm³/mol. The Morgan fingerprint density at radius 1 is 1.57 bits per heavy atom. The van der Waals surface area contributed by atoms with E-state index in [1.165, 1.54) is 0 Å². The Morgan fingerprint density at radius 2 is 2.43 bits per heavy atom. The van der Waals surface area contributed by atoms with Crippen LogP contribution in [0.3, 0.4) is 0 Å². The molecule has 2 rings (SSSR count). The maximum absolute atomic E-state index is 11.8. The number of ketones is 1. The predicted octanol–water partition coefficient (Wildman–Crippen LogP) is 1.76. The van der Waals surface area contributed by atoms with Crippen LogP contribution in [0.2, 0.25) is 0 Å². The van der Waals surface area contributed by atoms with Gasteiger partial charge in [0.25, 0.3) is 0 Å². The monoisotopic (exact) mass is 207 g/mol. The maximum Gasteiger partial charge on any atom is 0.144 e. The topological polar surface area (TPSA) is 43.1 Å². The molecule has 0 amide bonds. The van der Waals surface area contributed by atoms with Crippen LogP contribution in [0.15, 0.2) is 29.0 Å². The Morgan fingerprint density at radius 3 is 3.00 bits per heavy atom. The van der Waals surface area contributed by atoms with Crippen molar-refractivity contribution in [1.29, 1.82) is 0 Å². The Hall–Kier alpha value is -0.930. The standard InChI is InChI=1S/C11H13NOS/c12-10-2-1-9(6-10)11(13)5-8-3-4-14-7-8/h1-4,7,9-10H,5-6,12H2. The summed E-state index contributed by atoms with van der Waals surface area (Å²) in [6.07, 6.45) is 5.20. The van der Waals surface area contributed by atoms with Crippen LogP contribution in [0.5, 0.6) is 0 Å². The molecule has 0 radical (unpaired) electrons. The van der Waals surface area contributed by atoms with Gasteiger partial charge >= 0.3 is 0 Å². The molecule has 0 spiro atoms. The fourth-order valence-corrected chi connectivity index (χ4v) is 2.36. The largest absolute Gasteiger partial charge is 0.324 e. The molecule has 3 heteroatoms. The highest BCUT2D eigenvalue weighted by atomic mass is 32.1. The lowest BCUT2D eigenvalue weighted by atomic mass is 9.98. The number of Topliss-reactive ketones (excluding diaryl/α,β-unsaturated/α-hetero) is 1. The summed E-state index contributed by atoms with van der Waals surface area (Å²) in [7, 11) is 0. The second-order valence-corrected chi connectivity index (χ2v) is 4.45. The molecule has 1 aliphatic rings. The van der Waals surface area contributed by atoms with Crippen molar-refractivity contribution in [1.82, 2.24) is 0 Å².